The van der Waals surface area contributed by atoms with Crippen LogP contribution in [0.3, 0.4) is 0 Å². The van der Waals surface area contributed by atoms with Gasteiger partial charge in [0.1, 0.15) is 5.75 Å². The summed E-state index contributed by atoms with van der Waals surface area (Å²) in [5.74, 6) is 1.85. The molecule has 0 saturated carbocycles. The summed E-state index contributed by atoms with van der Waals surface area (Å²) < 4.78 is 7.41. The first-order chi connectivity index (χ1) is 11.6. The molecule has 0 aliphatic heterocycles. The Labute approximate surface area is 147 Å². The molecule has 0 bridgehead atoms. The van der Waals surface area contributed by atoms with Gasteiger partial charge < -0.3 is 14.6 Å². The molecule has 2 aromatic rings. The monoisotopic (exact) mass is 348 g/mol. The predicted molar refractivity (Wildman–Crippen MR) is 96.3 cm³/mol. The normalized spacial score (nSPS) is 12.0. The van der Waals surface area contributed by atoms with Crippen molar-refractivity contribution in [2.45, 2.75) is 44.9 Å². The molecule has 1 N–H and O–H groups in total. The molecule has 1 atom stereocenters. The third kappa shape index (κ3) is 4.29. The number of thioether (sulfide) groups is 1. The lowest BCUT2D eigenvalue weighted by Crippen LogP contribution is -2.33. The van der Waals surface area contributed by atoms with E-state index < -0.39 is 0 Å². The molecule has 1 heterocycles. The van der Waals surface area contributed by atoms with Crippen LogP contribution in [0.25, 0.3) is 11.4 Å². The Balaban J connectivity index is 2.16. The van der Waals surface area contributed by atoms with Gasteiger partial charge in [0.05, 0.1) is 18.4 Å². The summed E-state index contributed by atoms with van der Waals surface area (Å²) >= 11 is 1.40. The third-order valence-corrected chi connectivity index (χ3v) is 4.70. The minimum atomic E-state index is 0.0128. The Hall–Kier alpha value is -2.02. The van der Waals surface area contributed by atoms with E-state index in [2.05, 4.69) is 15.5 Å². The van der Waals surface area contributed by atoms with E-state index in [1.807, 2.05) is 49.6 Å². The van der Waals surface area contributed by atoms with Crippen molar-refractivity contribution >= 4 is 17.7 Å². The number of nitrogens with zero attached hydrogens (tertiary/aromatic N) is 3. The molecule has 0 radical (unpaired) electrons. The largest absolute Gasteiger partial charge is 0.496 e. The van der Waals surface area contributed by atoms with Gasteiger partial charge in [0.25, 0.3) is 0 Å². The van der Waals surface area contributed by atoms with Crippen LogP contribution in [0.4, 0.5) is 0 Å². The average molecular weight is 348 g/mol. The molecule has 2 rings (SSSR count). The molecule has 0 unspecified atom stereocenters. The zero-order valence-electron chi connectivity index (χ0n) is 14.6. The van der Waals surface area contributed by atoms with Gasteiger partial charge in [-0.3, -0.25) is 4.79 Å². The smallest absolute Gasteiger partial charge is 0.230 e. The van der Waals surface area contributed by atoms with Gasteiger partial charge in [0.15, 0.2) is 11.0 Å². The predicted octanol–water partition coefficient (Wildman–Crippen LogP) is 2.98. The van der Waals surface area contributed by atoms with Crippen molar-refractivity contribution in [1.29, 1.82) is 0 Å². The maximum absolute atomic E-state index is 12.0. The number of aromatic nitrogens is 3. The summed E-state index contributed by atoms with van der Waals surface area (Å²) in [5, 5.41) is 12.2. The molecule has 1 aromatic heterocycles. The number of carbonyl (C=O) groups excluding carboxylic acids is 1. The molecule has 0 aliphatic rings. The number of hydrogen-bond acceptors (Lipinski definition) is 5. The van der Waals surface area contributed by atoms with Gasteiger partial charge >= 0.3 is 0 Å². The molecule has 1 aromatic carbocycles. The van der Waals surface area contributed by atoms with Crippen LogP contribution in [0.15, 0.2) is 29.4 Å². The van der Waals surface area contributed by atoms with Crippen LogP contribution >= 0.6 is 11.8 Å². The van der Waals surface area contributed by atoms with E-state index in [1.165, 1.54) is 11.8 Å². The third-order valence-electron chi connectivity index (χ3n) is 3.73. The van der Waals surface area contributed by atoms with E-state index in [-0.39, 0.29) is 11.9 Å². The van der Waals surface area contributed by atoms with Crippen molar-refractivity contribution in [2.75, 3.05) is 12.9 Å². The molecule has 0 fully saturated rings. The number of carbonyl (C=O) groups is 1. The number of hydrogen-bond donors (Lipinski definition) is 1. The quantitative estimate of drug-likeness (QED) is 0.743. The second kappa shape index (κ2) is 8.73. The van der Waals surface area contributed by atoms with Gasteiger partial charge in [-0.05, 0) is 32.4 Å². The maximum atomic E-state index is 12.0. The van der Waals surface area contributed by atoms with E-state index in [1.54, 1.807) is 7.11 Å². The highest BCUT2D eigenvalue weighted by Crippen LogP contribution is 2.30. The molecule has 0 aliphatic carbocycles. The fourth-order valence-corrected chi connectivity index (χ4v) is 3.07. The van der Waals surface area contributed by atoms with Crippen LogP contribution in [0, 0.1) is 0 Å². The molecule has 24 heavy (non-hydrogen) atoms. The van der Waals surface area contributed by atoms with Crippen molar-refractivity contribution in [2.24, 2.45) is 0 Å². The molecule has 7 heteroatoms. The number of methoxy groups -OCH3 is 1. The van der Waals surface area contributed by atoms with Crippen molar-refractivity contribution in [1.82, 2.24) is 20.1 Å². The van der Waals surface area contributed by atoms with Gasteiger partial charge in [0.2, 0.25) is 5.91 Å². The molecular formula is C17H24N4O2S. The molecular weight excluding hydrogens is 324 g/mol. The first kappa shape index (κ1) is 18.3. The molecule has 0 saturated heterocycles. The topological polar surface area (TPSA) is 69.0 Å². The van der Waals surface area contributed by atoms with E-state index >= 15 is 0 Å². The van der Waals surface area contributed by atoms with Crippen molar-refractivity contribution < 1.29 is 9.53 Å². The van der Waals surface area contributed by atoms with Crippen LogP contribution in [0.2, 0.25) is 0 Å². The van der Waals surface area contributed by atoms with Gasteiger partial charge in [-0.2, -0.15) is 0 Å². The lowest BCUT2D eigenvalue weighted by atomic mass is 10.2. The lowest BCUT2D eigenvalue weighted by Gasteiger charge is -2.12. The summed E-state index contributed by atoms with van der Waals surface area (Å²) in [5.41, 5.74) is 0.894. The zero-order chi connectivity index (χ0) is 17.5. The Bertz CT molecular complexity index is 687. The standard InChI is InChI=1S/C17H24N4O2S/c1-5-12(3)18-15(22)11-24-17-20-19-16(21(17)6-2)13-9-7-8-10-14(13)23-4/h7-10,12H,5-6,11H2,1-4H3,(H,18,22)/t12-/m1/s1. The molecule has 0 spiro atoms. The highest BCUT2D eigenvalue weighted by molar-refractivity contribution is 7.99. The summed E-state index contributed by atoms with van der Waals surface area (Å²) in [6.45, 7) is 6.80. The number of benzene rings is 1. The Kier molecular flexibility index (Phi) is 6.66. The van der Waals surface area contributed by atoms with Crippen LogP contribution in [0.5, 0.6) is 5.75 Å². The summed E-state index contributed by atoms with van der Waals surface area (Å²) in [6.07, 6.45) is 0.916. The minimum Gasteiger partial charge on any atom is -0.496 e. The highest BCUT2D eigenvalue weighted by Gasteiger charge is 2.17. The minimum absolute atomic E-state index is 0.0128. The van der Waals surface area contributed by atoms with Crippen molar-refractivity contribution in [3.05, 3.63) is 24.3 Å². The van der Waals surface area contributed by atoms with Crippen molar-refractivity contribution in [3.63, 3.8) is 0 Å². The summed E-state index contributed by atoms with van der Waals surface area (Å²) in [6, 6.07) is 7.91. The first-order valence-electron chi connectivity index (χ1n) is 8.09. The summed E-state index contributed by atoms with van der Waals surface area (Å²) in [7, 11) is 1.64. The fourth-order valence-electron chi connectivity index (χ4n) is 2.26. The van der Waals surface area contributed by atoms with Crippen LogP contribution < -0.4 is 10.1 Å². The second-order valence-electron chi connectivity index (χ2n) is 5.42. The molecule has 130 valence electrons. The van der Waals surface area contributed by atoms with Gasteiger partial charge in [-0.15, -0.1) is 10.2 Å². The SMILES string of the molecule is CC[C@@H](C)NC(=O)CSc1nnc(-c2ccccc2OC)n1CC. The van der Waals surface area contributed by atoms with Gasteiger partial charge in [-0.25, -0.2) is 0 Å². The van der Waals surface area contributed by atoms with Crippen LogP contribution in [-0.2, 0) is 11.3 Å². The zero-order valence-corrected chi connectivity index (χ0v) is 15.4. The number of para-hydroxylation sites is 1. The van der Waals surface area contributed by atoms with Crippen LogP contribution in [0.1, 0.15) is 27.2 Å². The second-order valence-corrected chi connectivity index (χ2v) is 6.36. The van der Waals surface area contributed by atoms with E-state index in [4.69, 9.17) is 4.74 Å². The average Bonchev–Trinajstić information content (AvgIpc) is 3.02. The first-order valence-corrected chi connectivity index (χ1v) is 9.07. The van der Waals surface area contributed by atoms with E-state index in [9.17, 15) is 4.79 Å². The highest BCUT2D eigenvalue weighted by atomic mass is 32.2. The Morgan fingerprint density at radius 3 is 2.75 bits per heavy atom. The Morgan fingerprint density at radius 1 is 1.33 bits per heavy atom. The number of amides is 1. The number of ether oxygens (including phenoxy) is 1. The van der Waals surface area contributed by atoms with E-state index in [0.29, 0.717) is 5.75 Å². The van der Waals surface area contributed by atoms with Gasteiger partial charge in [-0.1, -0.05) is 30.8 Å². The molecule has 1 amide bonds. The Morgan fingerprint density at radius 2 is 2.08 bits per heavy atom. The van der Waals surface area contributed by atoms with Crippen molar-refractivity contribution in [3.8, 4) is 17.1 Å². The maximum Gasteiger partial charge on any atom is 0.230 e. The lowest BCUT2D eigenvalue weighted by molar-refractivity contribution is -0.119. The fraction of sp³-hybridized carbons (Fsp3) is 0.471. The molecule has 6 nitrogen and oxygen atoms in total. The van der Waals surface area contributed by atoms with Gasteiger partial charge in [0, 0.05) is 12.6 Å². The van der Waals surface area contributed by atoms with Crippen LogP contribution in [-0.4, -0.2) is 39.6 Å². The van der Waals surface area contributed by atoms with E-state index in [0.717, 1.165) is 35.3 Å². The number of rotatable bonds is 8. The summed E-state index contributed by atoms with van der Waals surface area (Å²) in [4.78, 5) is 12.0. The number of nitrogens with one attached hydrogen (secondary N) is 1.